The third-order valence-electron chi connectivity index (χ3n) is 4.22. The normalized spacial score (nSPS) is 15.2. The molecule has 0 unspecified atom stereocenters. The second kappa shape index (κ2) is 4.48. The third-order valence-corrected chi connectivity index (χ3v) is 4.22. The van der Waals surface area contributed by atoms with Crippen LogP contribution in [0, 0.1) is 0 Å². The Bertz CT molecular complexity index is 803. The molecule has 106 valence electrons. The molecule has 3 aromatic rings. The van der Waals surface area contributed by atoms with Crippen molar-refractivity contribution in [3.05, 3.63) is 42.5 Å². The van der Waals surface area contributed by atoms with E-state index in [4.69, 9.17) is 10.7 Å². The number of hydrogen-bond donors (Lipinski definition) is 2. The Labute approximate surface area is 122 Å². The second-order valence-electron chi connectivity index (χ2n) is 5.52. The van der Waals surface area contributed by atoms with E-state index >= 15 is 0 Å². The average molecular weight is 280 g/mol. The van der Waals surface area contributed by atoms with Gasteiger partial charge in [-0.25, -0.2) is 9.97 Å². The van der Waals surface area contributed by atoms with Gasteiger partial charge in [0, 0.05) is 23.9 Å². The van der Waals surface area contributed by atoms with Gasteiger partial charge in [0.1, 0.15) is 28.6 Å². The predicted octanol–water partition coefficient (Wildman–Crippen LogP) is 2.95. The molecule has 0 saturated heterocycles. The molecule has 5 heteroatoms. The van der Waals surface area contributed by atoms with E-state index in [1.807, 2.05) is 18.3 Å². The second-order valence-corrected chi connectivity index (χ2v) is 5.52. The molecule has 0 bridgehead atoms. The number of aromatic nitrogens is 3. The molecule has 1 aliphatic rings. The molecule has 2 aromatic heterocycles. The SMILES string of the molecule is Nc1nccn2c(C3CCC3)nc(-c3ccc(O)cc3)c12. The first kappa shape index (κ1) is 12.2. The zero-order chi connectivity index (χ0) is 14.4. The van der Waals surface area contributed by atoms with E-state index in [2.05, 4.69) is 9.38 Å². The standard InChI is InChI=1S/C16H16N4O/c17-15-14-13(10-4-6-12(21)7-5-10)19-16(11-2-1-3-11)20(14)9-8-18-15/h4-9,11,21H,1-3H2,(H2,17,18). The maximum absolute atomic E-state index is 9.45. The van der Waals surface area contributed by atoms with Crippen LogP contribution in [0.5, 0.6) is 5.75 Å². The smallest absolute Gasteiger partial charge is 0.150 e. The van der Waals surface area contributed by atoms with E-state index in [9.17, 15) is 5.11 Å². The summed E-state index contributed by atoms with van der Waals surface area (Å²) in [6.07, 6.45) is 7.25. The molecule has 1 aliphatic carbocycles. The van der Waals surface area contributed by atoms with Gasteiger partial charge in [0.2, 0.25) is 0 Å². The Morgan fingerprint density at radius 3 is 2.62 bits per heavy atom. The first-order chi connectivity index (χ1) is 10.2. The van der Waals surface area contributed by atoms with Gasteiger partial charge in [0.05, 0.1) is 0 Å². The van der Waals surface area contributed by atoms with Gasteiger partial charge in [-0.05, 0) is 37.1 Å². The van der Waals surface area contributed by atoms with Crippen LogP contribution in [0.1, 0.15) is 31.0 Å². The van der Waals surface area contributed by atoms with E-state index in [1.165, 1.54) is 19.3 Å². The number of benzene rings is 1. The molecule has 21 heavy (non-hydrogen) atoms. The molecular formula is C16H16N4O. The number of nitrogens with zero attached hydrogens (tertiary/aromatic N) is 3. The van der Waals surface area contributed by atoms with E-state index in [0.717, 1.165) is 22.6 Å². The van der Waals surface area contributed by atoms with Crippen molar-refractivity contribution in [2.45, 2.75) is 25.2 Å². The number of nitrogen functional groups attached to an aromatic ring is 1. The molecular weight excluding hydrogens is 264 g/mol. The largest absolute Gasteiger partial charge is 0.508 e. The van der Waals surface area contributed by atoms with Crippen molar-refractivity contribution in [2.24, 2.45) is 0 Å². The lowest BCUT2D eigenvalue weighted by Gasteiger charge is -2.23. The summed E-state index contributed by atoms with van der Waals surface area (Å²) in [6.45, 7) is 0. The van der Waals surface area contributed by atoms with E-state index in [-0.39, 0.29) is 5.75 Å². The fraction of sp³-hybridized carbons (Fsp3) is 0.250. The highest BCUT2D eigenvalue weighted by Gasteiger charge is 2.26. The number of anilines is 1. The van der Waals surface area contributed by atoms with Crippen molar-refractivity contribution in [3.8, 4) is 17.0 Å². The molecule has 5 nitrogen and oxygen atoms in total. The summed E-state index contributed by atoms with van der Waals surface area (Å²) >= 11 is 0. The summed E-state index contributed by atoms with van der Waals surface area (Å²) in [6, 6.07) is 7.04. The number of aromatic hydroxyl groups is 1. The maximum Gasteiger partial charge on any atom is 0.150 e. The van der Waals surface area contributed by atoms with Crippen LogP contribution >= 0.6 is 0 Å². The summed E-state index contributed by atoms with van der Waals surface area (Å²) in [7, 11) is 0. The number of rotatable bonds is 2. The monoisotopic (exact) mass is 280 g/mol. The number of nitrogens with two attached hydrogens (primary N) is 1. The van der Waals surface area contributed by atoms with Crippen molar-refractivity contribution in [1.29, 1.82) is 0 Å². The fourth-order valence-electron chi connectivity index (χ4n) is 2.86. The van der Waals surface area contributed by atoms with E-state index < -0.39 is 0 Å². The van der Waals surface area contributed by atoms with E-state index in [1.54, 1.807) is 18.3 Å². The van der Waals surface area contributed by atoms with Crippen LogP contribution in [0.3, 0.4) is 0 Å². The first-order valence-corrected chi connectivity index (χ1v) is 7.16. The van der Waals surface area contributed by atoms with Crippen LogP contribution in [-0.2, 0) is 0 Å². The molecule has 1 saturated carbocycles. The van der Waals surface area contributed by atoms with Gasteiger partial charge in [-0.1, -0.05) is 6.42 Å². The van der Waals surface area contributed by atoms with Crippen LogP contribution in [0.2, 0.25) is 0 Å². The molecule has 3 N–H and O–H groups in total. The Balaban J connectivity index is 1.97. The molecule has 4 rings (SSSR count). The number of fused-ring (bicyclic) bond motifs is 1. The molecule has 0 atom stereocenters. The summed E-state index contributed by atoms with van der Waals surface area (Å²) in [4.78, 5) is 9.03. The number of phenols is 1. The predicted molar refractivity (Wildman–Crippen MR) is 81.1 cm³/mol. The Morgan fingerprint density at radius 2 is 1.95 bits per heavy atom. The minimum absolute atomic E-state index is 0.243. The maximum atomic E-state index is 9.45. The van der Waals surface area contributed by atoms with Crippen LogP contribution in [0.4, 0.5) is 5.82 Å². The molecule has 1 aromatic carbocycles. The first-order valence-electron chi connectivity index (χ1n) is 7.16. The summed E-state index contributed by atoms with van der Waals surface area (Å²) in [5.41, 5.74) is 8.70. The van der Waals surface area contributed by atoms with Gasteiger partial charge in [-0.15, -0.1) is 0 Å². The lowest BCUT2D eigenvalue weighted by molar-refractivity contribution is 0.400. The number of phenolic OH excluding ortho intramolecular Hbond substituents is 1. The van der Waals surface area contributed by atoms with Crippen LogP contribution in [-0.4, -0.2) is 19.5 Å². The highest BCUT2D eigenvalue weighted by molar-refractivity contribution is 5.85. The van der Waals surface area contributed by atoms with Crippen LogP contribution < -0.4 is 5.73 Å². The highest BCUT2D eigenvalue weighted by Crippen LogP contribution is 2.39. The Kier molecular flexibility index (Phi) is 2.60. The van der Waals surface area contributed by atoms with Gasteiger partial charge < -0.3 is 10.8 Å². The molecule has 2 heterocycles. The highest BCUT2D eigenvalue weighted by atomic mass is 16.3. The van der Waals surface area contributed by atoms with Gasteiger partial charge in [0.15, 0.2) is 0 Å². The van der Waals surface area contributed by atoms with Crippen molar-refractivity contribution >= 4 is 11.3 Å². The molecule has 0 amide bonds. The summed E-state index contributed by atoms with van der Waals surface area (Å²) < 4.78 is 2.06. The topological polar surface area (TPSA) is 76.4 Å². The summed E-state index contributed by atoms with van der Waals surface area (Å²) in [5.74, 6) is 2.30. The van der Waals surface area contributed by atoms with E-state index in [0.29, 0.717) is 11.7 Å². The minimum Gasteiger partial charge on any atom is -0.508 e. The van der Waals surface area contributed by atoms with Gasteiger partial charge in [0.25, 0.3) is 0 Å². The zero-order valence-corrected chi connectivity index (χ0v) is 11.5. The third kappa shape index (κ3) is 1.85. The molecule has 0 radical (unpaired) electrons. The van der Waals surface area contributed by atoms with Crippen molar-refractivity contribution < 1.29 is 5.11 Å². The molecule has 0 spiro atoms. The molecule has 1 fully saturated rings. The minimum atomic E-state index is 0.243. The van der Waals surface area contributed by atoms with Crippen molar-refractivity contribution in [3.63, 3.8) is 0 Å². The van der Waals surface area contributed by atoms with Crippen LogP contribution in [0.25, 0.3) is 16.8 Å². The fourth-order valence-corrected chi connectivity index (χ4v) is 2.86. The lowest BCUT2D eigenvalue weighted by Crippen LogP contribution is -2.12. The quantitative estimate of drug-likeness (QED) is 0.756. The Hall–Kier alpha value is -2.56. The number of hydrogen-bond acceptors (Lipinski definition) is 4. The average Bonchev–Trinajstić information content (AvgIpc) is 2.79. The Morgan fingerprint density at radius 1 is 1.19 bits per heavy atom. The van der Waals surface area contributed by atoms with Gasteiger partial charge in [-0.3, -0.25) is 4.40 Å². The van der Waals surface area contributed by atoms with Crippen LogP contribution in [0.15, 0.2) is 36.7 Å². The number of imidazole rings is 1. The van der Waals surface area contributed by atoms with Crippen molar-refractivity contribution in [2.75, 3.05) is 5.73 Å². The molecule has 0 aliphatic heterocycles. The van der Waals surface area contributed by atoms with Crippen molar-refractivity contribution in [1.82, 2.24) is 14.4 Å². The summed E-state index contributed by atoms with van der Waals surface area (Å²) in [5, 5.41) is 9.45. The van der Waals surface area contributed by atoms with Gasteiger partial charge in [-0.2, -0.15) is 0 Å². The van der Waals surface area contributed by atoms with Gasteiger partial charge >= 0.3 is 0 Å². The lowest BCUT2D eigenvalue weighted by atomic mass is 9.85. The zero-order valence-electron chi connectivity index (χ0n) is 11.5.